The van der Waals surface area contributed by atoms with Crippen LogP contribution in [-0.4, -0.2) is 111 Å². The number of fused-ring (bicyclic) bond motifs is 2. The number of carbonyl (C=O) groups is 1. The summed E-state index contributed by atoms with van der Waals surface area (Å²) in [6.45, 7) is 1.28. The summed E-state index contributed by atoms with van der Waals surface area (Å²) in [7, 11) is -26.9. The number of benzene rings is 7. The Balaban J connectivity index is 1.21. The normalized spacial score (nSPS) is 12.9. The number of aromatic nitrogens is 2. The molecular weight excluding hydrogens is 1310 g/mol. The molecule has 0 unspecified atom stereocenters. The molecule has 44 heteroatoms. The zero-order valence-corrected chi connectivity index (χ0v) is 47.7. The first-order valence-corrected chi connectivity index (χ1v) is 30.6. The van der Waals surface area contributed by atoms with E-state index in [2.05, 4.69) is 55.4 Å². The number of aromatic hydroxyl groups is 3. The molecule has 8 aromatic rings. The molecule has 0 aliphatic heterocycles. The van der Waals surface area contributed by atoms with Crippen molar-refractivity contribution < 1.29 is 110 Å². The van der Waals surface area contributed by atoms with Crippen molar-refractivity contribution in [3.63, 3.8) is 0 Å². The van der Waals surface area contributed by atoms with Gasteiger partial charge in [-0.2, -0.15) is 57.0 Å². The number of nitro benzene ring substituents is 1. The zero-order valence-electron chi connectivity index (χ0n) is 42.0. The van der Waals surface area contributed by atoms with Gasteiger partial charge in [-0.05, 0) is 79.7 Å². The van der Waals surface area contributed by atoms with E-state index in [0.717, 1.165) is 54.6 Å². The molecule has 454 valence electrons. The van der Waals surface area contributed by atoms with Crippen LogP contribution in [0.25, 0.3) is 27.2 Å². The van der Waals surface area contributed by atoms with Gasteiger partial charge in [0.2, 0.25) is 5.88 Å². The molecule has 87 heavy (non-hydrogen) atoms. The van der Waals surface area contributed by atoms with E-state index in [1.807, 2.05) is 0 Å². The van der Waals surface area contributed by atoms with Crippen molar-refractivity contribution >= 4 is 159 Å². The summed E-state index contributed by atoms with van der Waals surface area (Å²) >= 11 is 6.18. The van der Waals surface area contributed by atoms with Crippen LogP contribution in [0.1, 0.15) is 16.1 Å². The van der Waals surface area contributed by atoms with Crippen LogP contribution >= 0.6 is 23.6 Å². The molecule has 0 atom stereocenters. The number of non-ortho nitro benzene ring substituents is 1. The highest BCUT2D eigenvalue weighted by Crippen LogP contribution is 2.51. The van der Waals surface area contributed by atoms with E-state index >= 15 is 0 Å². The van der Waals surface area contributed by atoms with Crippen LogP contribution in [0.2, 0.25) is 5.02 Å². The third-order valence-corrected chi connectivity index (χ3v) is 17.0. The minimum absolute atomic E-state index is 0.00671. The van der Waals surface area contributed by atoms with Gasteiger partial charge in [-0.25, -0.2) is 10.1 Å². The molecule has 0 spiro atoms. The van der Waals surface area contributed by atoms with Gasteiger partial charge in [-0.3, -0.25) is 32.9 Å². The topological polar surface area (TPSA) is 594 Å². The summed E-state index contributed by atoms with van der Waals surface area (Å²) in [6.07, 6.45) is 0. The molecule has 12 N–H and O–H groups in total. The van der Waals surface area contributed by atoms with Gasteiger partial charge in [-0.15, -0.1) is 40.1 Å². The Morgan fingerprint density at radius 1 is 0.632 bits per heavy atom. The number of azo groups is 4. The molecule has 1 heterocycles. The van der Waals surface area contributed by atoms with Gasteiger partial charge in [0.15, 0.2) is 17.2 Å². The zero-order chi connectivity index (χ0) is 64.2. The second-order valence-electron chi connectivity index (χ2n) is 17.0. The molecule has 7 aromatic carbocycles. The van der Waals surface area contributed by atoms with Crippen molar-refractivity contribution in [2.45, 2.75) is 36.3 Å². The number of aryl methyl sites for hydroxylation is 1. The van der Waals surface area contributed by atoms with Crippen LogP contribution in [-0.2, 0) is 60.0 Å². The molecule has 37 nitrogen and oxygen atoms in total. The number of hydrogen-bond donors (Lipinski definition) is 11. The number of hydrogen-bond acceptors (Lipinski definition) is 30. The van der Waals surface area contributed by atoms with E-state index in [1.54, 1.807) is 0 Å². The van der Waals surface area contributed by atoms with Crippen LogP contribution in [0.5, 0.6) is 17.4 Å². The predicted molar refractivity (Wildman–Crippen MR) is 294 cm³/mol. The minimum Gasteiger partial charge on any atom is -0.505 e. The van der Waals surface area contributed by atoms with E-state index in [1.165, 1.54) is 6.92 Å². The molecule has 8 rings (SSSR count). The van der Waals surface area contributed by atoms with Crippen molar-refractivity contribution in [1.82, 2.24) is 9.78 Å². The predicted octanol–water partition coefficient (Wildman–Crippen LogP) is 9.77. The van der Waals surface area contributed by atoms with E-state index in [0.29, 0.717) is 35.0 Å². The molecule has 0 aliphatic carbocycles. The summed E-state index contributed by atoms with van der Waals surface area (Å²) in [5.41, 5.74) is -2.43. The summed E-state index contributed by atoms with van der Waals surface area (Å²) in [4.78, 5) is 16.1. The van der Waals surface area contributed by atoms with Gasteiger partial charge in [0, 0.05) is 28.3 Å². The lowest BCUT2D eigenvalue weighted by molar-refractivity contribution is -0.432. The van der Waals surface area contributed by atoms with Gasteiger partial charge in [0.05, 0.1) is 65.5 Å². The molecule has 1 aromatic heterocycles. The molecular formula is C43H29ClN12O25S6. The van der Waals surface area contributed by atoms with Crippen molar-refractivity contribution in [2.24, 2.45) is 40.9 Å². The number of phenols is 2. The van der Waals surface area contributed by atoms with Gasteiger partial charge in [-0.1, -0.05) is 16.6 Å². The fourth-order valence-electron chi connectivity index (χ4n) is 7.82. The average molecular weight is 1340 g/mol. The number of phenolic OH excluding ortho intramolecular Hbond substituents is 2. The number of aromatic carboxylic acids is 1. The largest absolute Gasteiger partial charge is 0.505 e. The molecule has 0 amide bonds. The number of anilines is 1. The van der Waals surface area contributed by atoms with Gasteiger partial charge in [0.25, 0.3) is 56.3 Å². The second-order valence-corrected chi connectivity index (χ2v) is 25.1. The SMILES string of the molecule is Cc1nn(-c2cc(S(=O)(=O)O)ccc2Cl)c(O)c1N=Nc1ccc(N=Nc2c(S(=O)(=O)O)cc3c(S(=O)(=O)O)c(N=Nc4cc(S(=O)(=O)O)c5cc(SOOO)c(N=Nc6ccc([N+](=O)[O-])cc6C(=O)O)c(O)c5c4N)ccc3c2O)cc1S(=O)(=O)O. The van der Waals surface area contributed by atoms with E-state index < -0.39 is 192 Å². The molecule has 0 saturated carbocycles. The number of halogens is 1. The quantitative estimate of drug-likeness (QED) is 0.00682. The van der Waals surface area contributed by atoms with E-state index in [9.17, 15) is 100 Å². The fraction of sp³-hybridized carbons (Fsp3) is 0.0233. The number of carboxylic acid groups (broad SMARTS) is 1. The Bertz CT molecular complexity index is 5050. The lowest BCUT2D eigenvalue weighted by atomic mass is 10.0. The lowest BCUT2D eigenvalue weighted by Crippen LogP contribution is -2.03. The van der Waals surface area contributed by atoms with Gasteiger partial charge >= 0.3 is 5.97 Å². The Labute approximate surface area is 492 Å². The molecule has 0 radical (unpaired) electrons. The standard InChI is InChI=1S/C43H29ClN12O25S6/c1-16-36(42(59)55(54-16)29-12-19(83(65,66)67)4-6-24(29)44)51-48-26-7-2-17(10-32(26)85(71,72)73)46-53-38-33(86(74,75)76)14-21-20(39(38)57)5-9-27(41(21)87(77,78)79)49-50-28-15-31(84(68,69)70)23-13-30(82-81-80-64)37(40(58)34(23)35(28)45)52-47-25-8-3-18(56(62)63)11-22(25)43(60)61/h2-15,57-59,64H,45H2,1H3,(H,60,61)(H,65,66,67)(H,68,69,70)(H,71,72,73)(H,74,75,76)(H,77,78,79). The molecule has 0 bridgehead atoms. The number of carboxylic acids is 1. The van der Waals surface area contributed by atoms with Gasteiger partial charge in [0.1, 0.15) is 53.7 Å². The van der Waals surface area contributed by atoms with Crippen molar-refractivity contribution in [2.75, 3.05) is 5.73 Å². The average Bonchev–Trinajstić information content (AvgIpc) is 1.33. The lowest BCUT2D eigenvalue weighted by Gasteiger charge is -2.15. The molecule has 0 saturated heterocycles. The number of nitrogen functional groups attached to an aromatic ring is 1. The van der Waals surface area contributed by atoms with E-state index in [4.69, 9.17) is 22.6 Å². The summed E-state index contributed by atoms with van der Waals surface area (Å²) in [5.74, 6) is -5.08. The number of rotatable bonds is 19. The fourth-order valence-corrected chi connectivity index (χ4v) is 11.8. The van der Waals surface area contributed by atoms with Gasteiger partial charge < -0.3 is 26.2 Å². The maximum absolute atomic E-state index is 13.1. The number of nitrogens with zero attached hydrogens (tertiary/aromatic N) is 11. The Kier molecular flexibility index (Phi) is 17.3. The van der Waals surface area contributed by atoms with Crippen LogP contribution in [0.15, 0.2) is 155 Å². The third-order valence-electron chi connectivity index (χ3n) is 11.6. The van der Waals surface area contributed by atoms with Crippen molar-refractivity contribution in [1.29, 1.82) is 0 Å². The maximum atomic E-state index is 13.1. The molecule has 0 fully saturated rings. The first-order valence-electron chi connectivity index (χ1n) is 22.3. The summed E-state index contributed by atoms with van der Waals surface area (Å²) in [5, 5.41) is 97.9. The summed E-state index contributed by atoms with van der Waals surface area (Å²) in [6, 6.07) is 10.7. The smallest absolute Gasteiger partial charge is 0.338 e. The van der Waals surface area contributed by atoms with Crippen molar-refractivity contribution in [3.05, 3.63) is 111 Å². The highest BCUT2D eigenvalue weighted by Gasteiger charge is 2.31. The number of nitrogens with two attached hydrogens (primary N) is 1. The van der Waals surface area contributed by atoms with Crippen LogP contribution in [0, 0.1) is 17.0 Å². The Morgan fingerprint density at radius 3 is 1.84 bits per heavy atom. The highest BCUT2D eigenvalue weighted by molar-refractivity contribution is 7.94. The molecule has 0 aliphatic rings. The monoisotopic (exact) mass is 1340 g/mol. The minimum atomic E-state index is -5.71. The van der Waals surface area contributed by atoms with Crippen molar-refractivity contribution in [3.8, 4) is 23.1 Å². The highest BCUT2D eigenvalue weighted by atomic mass is 35.5. The van der Waals surface area contributed by atoms with Crippen LogP contribution in [0.4, 0.5) is 56.9 Å². The Morgan fingerprint density at radius 2 is 1.23 bits per heavy atom. The Hall–Kier alpha value is -9.19. The first kappa shape index (κ1) is 63.8. The third kappa shape index (κ3) is 13.1. The van der Waals surface area contributed by atoms with E-state index in [-0.39, 0.29) is 28.4 Å². The maximum Gasteiger partial charge on any atom is 0.338 e. The number of nitro groups is 1. The van der Waals surface area contributed by atoms with Crippen LogP contribution in [0.3, 0.4) is 0 Å². The second kappa shape index (κ2) is 23.6. The van der Waals surface area contributed by atoms with Crippen LogP contribution < -0.4 is 5.73 Å². The summed E-state index contributed by atoms with van der Waals surface area (Å²) < 4.78 is 183. The first-order chi connectivity index (χ1) is 40.4.